The van der Waals surface area contributed by atoms with Crippen molar-refractivity contribution in [1.29, 1.82) is 0 Å². The molecule has 0 aliphatic carbocycles. The molecular weight excluding hydrogens is 306 g/mol. The zero-order chi connectivity index (χ0) is 15.9. The van der Waals surface area contributed by atoms with Crippen molar-refractivity contribution in [3.63, 3.8) is 0 Å². The van der Waals surface area contributed by atoms with E-state index < -0.39 is 10.0 Å². The Morgan fingerprint density at radius 1 is 1.29 bits per heavy atom. The third-order valence-corrected chi connectivity index (χ3v) is 4.83. The Labute approximate surface area is 132 Å². The number of nitrogens with one attached hydrogen (secondary N) is 1. The highest BCUT2D eigenvalue weighted by Crippen LogP contribution is 2.12. The van der Waals surface area contributed by atoms with Crippen molar-refractivity contribution in [2.24, 2.45) is 5.73 Å². The third-order valence-electron chi connectivity index (χ3n) is 3.27. The monoisotopic (exact) mass is 329 g/mol. The summed E-state index contributed by atoms with van der Waals surface area (Å²) in [5, 5.41) is 0. The van der Waals surface area contributed by atoms with Crippen LogP contribution in [0, 0.1) is 0 Å². The van der Waals surface area contributed by atoms with E-state index >= 15 is 0 Å². The summed E-state index contributed by atoms with van der Waals surface area (Å²) in [5.74, 6) is -0.112. The topological polar surface area (TPSA) is 75.4 Å². The maximum absolute atomic E-state index is 12.1. The molecule has 118 valence electrons. The van der Waals surface area contributed by atoms with E-state index in [-0.39, 0.29) is 10.7 Å². The number of rotatable bonds is 9. The summed E-state index contributed by atoms with van der Waals surface area (Å²) in [4.78, 5) is 2.37. The predicted octanol–water partition coefficient (Wildman–Crippen LogP) is 1.08. The number of benzene rings is 1. The number of hydrogen-bond donors (Lipinski definition) is 2. The van der Waals surface area contributed by atoms with Crippen molar-refractivity contribution in [2.45, 2.75) is 19.6 Å². The van der Waals surface area contributed by atoms with Gasteiger partial charge in [0.15, 0.2) is 0 Å². The first-order valence-electron chi connectivity index (χ1n) is 6.97. The summed E-state index contributed by atoms with van der Waals surface area (Å²) in [5.41, 5.74) is 6.86. The Bertz CT molecular complexity index is 569. The molecule has 0 aromatic heterocycles. The van der Waals surface area contributed by atoms with Gasteiger partial charge in [0, 0.05) is 18.7 Å². The minimum atomic E-state index is -3.39. The van der Waals surface area contributed by atoms with Gasteiger partial charge in [-0.05, 0) is 18.7 Å². The zero-order valence-corrected chi connectivity index (χ0v) is 14.1. The van der Waals surface area contributed by atoms with Crippen LogP contribution in [0.25, 0.3) is 0 Å². The lowest BCUT2D eigenvalue weighted by Gasteiger charge is -2.18. The fraction of sp³-hybridized carbons (Fsp3) is 0.500. The molecule has 0 radical (unpaired) electrons. The van der Waals surface area contributed by atoms with E-state index in [0.29, 0.717) is 24.2 Å². The molecule has 5 nitrogen and oxygen atoms in total. The van der Waals surface area contributed by atoms with Crippen molar-refractivity contribution in [1.82, 2.24) is 9.62 Å². The molecule has 0 saturated carbocycles. The molecule has 1 aromatic carbocycles. The first-order chi connectivity index (χ1) is 9.89. The molecule has 21 heavy (non-hydrogen) atoms. The van der Waals surface area contributed by atoms with E-state index in [0.717, 1.165) is 13.1 Å². The predicted molar refractivity (Wildman–Crippen MR) is 90.7 cm³/mol. The summed E-state index contributed by atoms with van der Waals surface area (Å²) < 4.78 is 26.9. The van der Waals surface area contributed by atoms with Crippen LogP contribution < -0.4 is 10.5 Å². The lowest BCUT2D eigenvalue weighted by atomic mass is 10.1. The number of hydrogen-bond acceptors (Lipinski definition) is 4. The summed E-state index contributed by atoms with van der Waals surface area (Å²) >= 11 is 4.95. The molecule has 1 rings (SSSR count). The van der Waals surface area contributed by atoms with Gasteiger partial charge in [-0.2, -0.15) is 0 Å². The molecule has 0 unspecified atom stereocenters. The van der Waals surface area contributed by atoms with Gasteiger partial charge in [-0.15, -0.1) is 0 Å². The second-order valence-corrected chi connectivity index (χ2v) is 6.95. The van der Waals surface area contributed by atoms with Gasteiger partial charge in [-0.1, -0.05) is 50.3 Å². The average Bonchev–Trinajstić information content (AvgIpc) is 2.43. The van der Waals surface area contributed by atoms with E-state index in [4.69, 9.17) is 18.0 Å². The van der Waals surface area contributed by atoms with Gasteiger partial charge >= 0.3 is 0 Å². The van der Waals surface area contributed by atoms with Crippen LogP contribution in [0.1, 0.15) is 25.0 Å². The lowest BCUT2D eigenvalue weighted by molar-refractivity contribution is 0.309. The Kier molecular flexibility index (Phi) is 7.24. The maximum atomic E-state index is 12.1. The Morgan fingerprint density at radius 3 is 2.48 bits per heavy atom. The van der Waals surface area contributed by atoms with Gasteiger partial charge in [-0.3, -0.25) is 0 Å². The first-order valence-corrected chi connectivity index (χ1v) is 9.03. The maximum Gasteiger partial charge on any atom is 0.215 e. The van der Waals surface area contributed by atoms with Crippen molar-refractivity contribution >= 4 is 27.2 Å². The van der Waals surface area contributed by atoms with Crippen LogP contribution in [-0.4, -0.2) is 44.5 Å². The van der Waals surface area contributed by atoms with Gasteiger partial charge in [0.1, 0.15) is 4.99 Å². The molecule has 3 N–H and O–H groups in total. The summed E-state index contributed by atoms with van der Waals surface area (Å²) in [6.45, 7) is 7.01. The molecule has 0 aliphatic heterocycles. The van der Waals surface area contributed by atoms with Gasteiger partial charge in [0.25, 0.3) is 0 Å². The van der Waals surface area contributed by atoms with Crippen molar-refractivity contribution in [3.8, 4) is 0 Å². The molecular formula is C14H23N3O2S2. The van der Waals surface area contributed by atoms with E-state index in [1.807, 2.05) is 0 Å². The largest absolute Gasteiger partial charge is 0.389 e. The number of nitrogens with two attached hydrogens (primary N) is 1. The van der Waals surface area contributed by atoms with Crippen molar-refractivity contribution in [2.75, 3.05) is 26.2 Å². The van der Waals surface area contributed by atoms with Gasteiger partial charge in [0.2, 0.25) is 10.0 Å². The second kappa shape index (κ2) is 8.43. The number of likely N-dealkylation sites (N-methyl/N-ethyl adjacent to an activating group) is 1. The number of thiocarbonyl (C=S) groups is 1. The Balaban J connectivity index is 2.67. The minimum absolute atomic E-state index is 0.112. The van der Waals surface area contributed by atoms with E-state index in [1.54, 1.807) is 24.3 Å². The molecule has 1 aromatic rings. The van der Waals surface area contributed by atoms with E-state index in [2.05, 4.69) is 23.5 Å². The molecule has 0 bridgehead atoms. The normalized spacial score (nSPS) is 11.8. The van der Waals surface area contributed by atoms with Crippen molar-refractivity contribution in [3.05, 3.63) is 35.4 Å². The van der Waals surface area contributed by atoms with Crippen LogP contribution in [0.2, 0.25) is 0 Å². The van der Waals surface area contributed by atoms with E-state index in [1.165, 1.54) is 0 Å². The number of nitrogens with zero attached hydrogens (tertiary/aromatic N) is 1. The fourth-order valence-electron chi connectivity index (χ4n) is 2.04. The quantitative estimate of drug-likeness (QED) is 0.663. The highest BCUT2D eigenvalue weighted by Gasteiger charge is 2.15. The van der Waals surface area contributed by atoms with Crippen molar-refractivity contribution < 1.29 is 8.42 Å². The summed E-state index contributed by atoms with van der Waals surface area (Å²) in [6, 6.07) is 7.04. The van der Waals surface area contributed by atoms with Crippen LogP contribution in [0.3, 0.4) is 0 Å². The lowest BCUT2D eigenvalue weighted by Crippen LogP contribution is -2.35. The molecule has 0 amide bonds. The Morgan fingerprint density at radius 2 is 1.90 bits per heavy atom. The molecule has 0 fully saturated rings. The molecule has 0 atom stereocenters. The molecule has 0 heterocycles. The van der Waals surface area contributed by atoms with Crippen LogP contribution in [0.4, 0.5) is 0 Å². The second-order valence-electron chi connectivity index (χ2n) is 4.70. The van der Waals surface area contributed by atoms with Gasteiger partial charge in [0.05, 0.1) is 5.75 Å². The standard InChI is InChI=1S/C14H23N3O2S2/c1-3-17(4-2)10-9-16-21(18,19)11-12-7-5-6-8-13(12)14(15)20/h5-8,16H,3-4,9-11H2,1-2H3,(H2,15,20). The highest BCUT2D eigenvalue weighted by atomic mass is 32.2. The van der Waals surface area contributed by atoms with Crippen LogP contribution in [0.15, 0.2) is 24.3 Å². The first kappa shape index (κ1) is 18.0. The minimum Gasteiger partial charge on any atom is -0.389 e. The molecule has 0 saturated heterocycles. The molecule has 7 heteroatoms. The third kappa shape index (κ3) is 6.09. The van der Waals surface area contributed by atoms with E-state index in [9.17, 15) is 8.42 Å². The average molecular weight is 329 g/mol. The van der Waals surface area contributed by atoms with Gasteiger partial charge in [-0.25, -0.2) is 13.1 Å². The summed E-state index contributed by atoms with van der Waals surface area (Å²) in [7, 11) is -3.39. The molecule has 0 aliphatic rings. The highest BCUT2D eigenvalue weighted by molar-refractivity contribution is 7.88. The summed E-state index contributed by atoms with van der Waals surface area (Å²) in [6.07, 6.45) is 0. The van der Waals surface area contributed by atoms with Crippen LogP contribution >= 0.6 is 12.2 Å². The SMILES string of the molecule is CCN(CC)CCNS(=O)(=O)Cc1ccccc1C(N)=S. The molecule has 0 spiro atoms. The number of sulfonamides is 1. The zero-order valence-electron chi connectivity index (χ0n) is 12.5. The van der Waals surface area contributed by atoms with Gasteiger partial charge < -0.3 is 10.6 Å². The smallest absolute Gasteiger partial charge is 0.215 e. The van der Waals surface area contributed by atoms with Crippen LogP contribution in [0.5, 0.6) is 0 Å². The fourth-order valence-corrected chi connectivity index (χ4v) is 3.41. The van der Waals surface area contributed by atoms with Crippen LogP contribution in [-0.2, 0) is 15.8 Å². The Hall–Kier alpha value is -1.02.